The van der Waals surface area contributed by atoms with Gasteiger partial charge in [0.25, 0.3) is 0 Å². The first-order valence-electron chi connectivity index (χ1n) is 7.39. The summed E-state index contributed by atoms with van der Waals surface area (Å²) in [6, 6.07) is 0. The summed E-state index contributed by atoms with van der Waals surface area (Å²) < 4.78 is 77.0. The third kappa shape index (κ3) is 2.58. The molecule has 2 spiro atoms. The fourth-order valence-corrected chi connectivity index (χ4v) is 4.16. The summed E-state index contributed by atoms with van der Waals surface area (Å²) in [5.41, 5.74) is -6.52. The Morgan fingerprint density at radius 2 is 1.78 bits per heavy atom. The summed E-state index contributed by atoms with van der Waals surface area (Å²) in [4.78, 5) is 0. The molecule has 0 radical (unpaired) electrons. The van der Waals surface area contributed by atoms with Gasteiger partial charge in [-0.15, -0.1) is 0 Å². The van der Waals surface area contributed by atoms with Crippen LogP contribution in [0.1, 0.15) is 32.1 Å². The fourth-order valence-electron chi connectivity index (χ4n) is 3.62. The minimum absolute atomic E-state index is 0.251. The molecule has 0 amide bonds. The number of halogens is 3. The molecule has 1 aliphatic heterocycles. The van der Waals surface area contributed by atoms with E-state index in [-0.39, 0.29) is 5.76 Å². The minimum Gasteiger partial charge on any atom is -0.380 e. The van der Waals surface area contributed by atoms with Gasteiger partial charge in [0.15, 0.2) is 5.79 Å². The van der Waals surface area contributed by atoms with Gasteiger partial charge in [0.1, 0.15) is 5.76 Å². The molecule has 0 bridgehead atoms. The number of hydrogen-bond donors (Lipinski definition) is 0. The van der Waals surface area contributed by atoms with Crippen LogP contribution in [0.3, 0.4) is 0 Å². The molecule has 0 aromatic carbocycles. The molecule has 1 heterocycles. The Morgan fingerprint density at radius 1 is 1.13 bits per heavy atom. The van der Waals surface area contributed by atoms with Gasteiger partial charge < -0.3 is 13.7 Å². The first-order valence-corrected chi connectivity index (χ1v) is 8.79. The zero-order valence-electron chi connectivity index (χ0n) is 12.3. The highest BCUT2D eigenvalue weighted by Crippen LogP contribution is 2.57. The van der Waals surface area contributed by atoms with Crippen LogP contribution in [0.15, 0.2) is 24.0 Å². The van der Waals surface area contributed by atoms with E-state index in [0.29, 0.717) is 32.5 Å². The third-order valence-electron chi connectivity index (χ3n) is 4.65. The molecule has 2 aliphatic carbocycles. The minimum atomic E-state index is -5.73. The van der Waals surface area contributed by atoms with Crippen molar-refractivity contribution < 1.29 is 35.2 Å². The molecule has 5 nitrogen and oxygen atoms in total. The van der Waals surface area contributed by atoms with Gasteiger partial charge in [0, 0.05) is 6.42 Å². The van der Waals surface area contributed by atoms with Crippen LogP contribution in [-0.4, -0.2) is 32.9 Å². The maximum Gasteiger partial charge on any atom is 0.534 e. The first kappa shape index (κ1) is 16.8. The Kier molecular flexibility index (Phi) is 4.01. The molecule has 3 aliphatic rings. The summed E-state index contributed by atoms with van der Waals surface area (Å²) in [7, 11) is -5.73. The summed E-state index contributed by atoms with van der Waals surface area (Å²) in [6.07, 6.45) is 7.30. The van der Waals surface area contributed by atoms with E-state index in [2.05, 4.69) is 4.18 Å². The van der Waals surface area contributed by atoms with Gasteiger partial charge in [-0.3, -0.25) is 0 Å². The lowest BCUT2D eigenvalue weighted by molar-refractivity contribution is -0.250. The van der Waals surface area contributed by atoms with Crippen LogP contribution < -0.4 is 0 Å². The number of ether oxygens (including phenoxy) is 2. The van der Waals surface area contributed by atoms with Crippen molar-refractivity contribution >= 4 is 10.1 Å². The van der Waals surface area contributed by atoms with Crippen LogP contribution >= 0.6 is 0 Å². The van der Waals surface area contributed by atoms with Crippen LogP contribution in [0.4, 0.5) is 13.2 Å². The van der Waals surface area contributed by atoms with Gasteiger partial charge in [-0.05, 0) is 25.3 Å². The Labute approximate surface area is 132 Å². The molecule has 130 valence electrons. The van der Waals surface area contributed by atoms with Gasteiger partial charge in [-0.25, -0.2) is 0 Å². The van der Waals surface area contributed by atoms with E-state index in [0.717, 1.165) is 12.8 Å². The summed E-state index contributed by atoms with van der Waals surface area (Å²) in [6.45, 7) is 0.648. The van der Waals surface area contributed by atoms with Crippen LogP contribution in [0.2, 0.25) is 0 Å². The van der Waals surface area contributed by atoms with Crippen LogP contribution in [0, 0.1) is 5.41 Å². The van der Waals surface area contributed by atoms with E-state index in [4.69, 9.17) is 9.47 Å². The second-order valence-electron chi connectivity index (χ2n) is 5.89. The van der Waals surface area contributed by atoms with E-state index in [9.17, 15) is 21.6 Å². The Bertz CT molecular complexity index is 631. The van der Waals surface area contributed by atoms with E-state index in [1.54, 1.807) is 6.08 Å². The van der Waals surface area contributed by atoms with Crippen molar-refractivity contribution in [2.45, 2.75) is 43.4 Å². The molecule has 2 fully saturated rings. The monoisotopic (exact) mass is 354 g/mol. The average Bonchev–Trinajstić information content (AvgIpc) is 2.93. The number of alkyl halides is 3. The molecule has 9 heteroatoms. The van der Waals surface area contributed by atoms with E-state index >= 15 is 0 Å². The zero-order chi connectivity index (χ0) is 16.8. The van der Waals surface area contributed by atoms with Crippen LogP contribution in [-0.2, 0) is 23.8 Å². The predicted octanol–water partition coefficient (Wildman–Crippen LogP) is 3.00. The first-order chi connectivity index (χ1) is 10.7. The van der Waals surface area contributed by atoms with Gasteiger partial charge in [0.05, 0.1) is 18.6 Å². The lowest BCUT2D eigenvalue weighted by Gasteiger charge is -2.50. The van der Waals surface area contributed by atoms with Crippen molar-refractivity contribution in [1.82, 2.24) is 0 Å². The van der Waals surface area contributed by atoms with E-state index in [1.807, 2.05) is 0 Å². The number of rotatable bonds is 2. The Balaban J connectivity index is 2.00. The van der Waals surface area contributed by atoms with E-state index in [1.165, 1.54) is 12.2 Å². The van der Waals surface area contributed by atoms with Crippen molar-refractivity contribution in [2.75, 3.05) is 13.2 Å². The highest BCUT2D eigenvalue weighted by molar-refractivity contribution is 7.87. The molecule has 1 saturated carbocycles. The number of fused-ring (bicyclic) bond motifs is 1. The van der Waals surface area contributed by atoms with Crippen molar-refractivity contribution in [1.29, 1.82) is 0 Å². The average molecular weight is 354 g/mol. The molecule has 0 unspecified atom stereocenters. The zero-order valence-corrected chi connectivity index (χ0v) is 13.1. The predicted molar refractivity (Wildman–Crippen MR) is 73.4 cm³/mol. The molecule has 0 aromatic heterocycles. The lowest BCUT2D eigenvalue weighted by Crippen LogP contribution is -2.54. The highest BCUT2D eigenvalue weighted by Gasteiger charge is 2.61. The molecular formula is C14H17F3O5S. The number of allylic oxidation sites excluding steroid dienone is 3. The van der Waals surface area contributed by atoms with Crippen molar-refractivity contribution in [3.63, 3.8) is 0 Å². The second kappa shape index (κ2) is 5.49. The van der Waals surface area contributed by atoms with Gasteiger partial charge >= 0.3 is 15.6 Å². The Hall–Kier alpha value is -1.06. The highest BCUT2D eigenvalue weighted by atomic mass is 32.2. The fraction of sp³-hybridized carbons (Fsp3) is 0.714. The lowest BCUT2D eigenvalue weighted by atomic mass is 9.64. The summed E-state index contributed by atoms with van der Waals surface area (Å²) >= 11 is 0. The molecule has 0 N–H and O–H groups in total. The molecule has 1 saturated heterocycles. The standard InChI is InChI=1S/C14H17F3O5S/c15-14(16,17)23(18,19)22-11-5-1-2-6-12(11)7-3-4-8-13(12)20-9-10-21-13/h1-2,5H,3-4,6-10H2/t12-/m1/s1. The summed E-state index contributed by atoms with van der Waals surface area (Å²) in [5.74, 6) is -1.37. The van der Waals surface area contributed by atoms with Crippen LogP contribution in [0.25, 0.3) is 0 Å². The maximum absolute atomic E-state index is 12.7. The van der Waals surface area contributed by atoms with Crippen molar-refractivity contribution in [2.24, 2.45) is 5.41 Å². The molecule has 23 heavy (non-hydrogen) atoms. The maximum atomic E-state index is 12.7. The second-order valence-corrected chi connectivity index (χ2v) is 7.42. The molecule has 1 atom stereocenters. The van der Waals surface area contributed by atoms with Crippen molar-refractivity contribution in [3.8, 4) is 0 Å². The molecule has 0 aromatic rings. The van der Waals surface area contributed by atoms with Crippen molar-refractivity contribution in [3.05, 3.63) is 24.0 Å². The molecular weight excluding hydrogens is 337 g/mol. The Morgan fingerprint density at radius 3 is 2.43 bits per heavy atom. The molecule has 3 rings (SSSR count). The quantitative estimate of drug-likeness (QED) is 0.564. The van der Waals surface area contributed by atoms with Gasteiger partial charge in [0.2, 0.25) is 0 Å². The van der Waals surface area contributed by atoms with Gasteiger partial charge in [-0.2, -0.15) is 21.6 Å². The SMILES string of the molecule is O=S(=O)(OC1=CC=CC[C@@]12CCCCC21OCCO1)C(F)(F)F. The largest absolute Gasteiger partial charge is 0.534 e. The topological polar surface area (TPSA) is 61.8 Å². The number of hydrogen-bond acceptors (Lipinski definition) is 5. The van der Waals surface area contributed by atoms with Gasteiger partial charge in [-0.1, -0.05) is 18.6 Å². The summed E-state index contributed by atoms with van der Waals surface area (Å²) in [5, 5.41) is 0. The van der Waals surface area contributed by atoms with E-state index < -0.39 is 26.8 Å². The third-order valence-corrected chi connectivity index (χ3v) is 5.61. The van der Waals surface area contributed by atoms with Crippen LogP contribution in [0.5, 0.6) is 0 Å². The smallest absolute Gasteiger partial charge is 0.380 e. The normalized spacial score (nSPS) is 30.7.